The number of carbonyl (C=O) groups is 5. The molecule has 4 aliphatic heterocycles. The molecule has 0 spiro atoms. The number of benzene rings is 4. The molecule has 4 fully saturated rings. The molecule has 11 N–H and O–H groups in total. The molecule has 4 saturated heterocycles. The van der Waals surface area contributed by atoms with Gasteiger partial charge in [0.25, 0.3) is 0 Å². The van der Waals surface area contributed by atoms with Gasteiger partial charge in [-0.3, -0.25) is 4.79 Å². The summed E-state index contributed by atoms with van der Waals surface area (Å²) in [5, 5.41) is 121. The molecule has 4 aromatic rings. The normalized spacial score (nSPS) is 31.4. The number of methoxy groups -OCH3 is 2. The van der Waals surface area contributed by atoms with E-state index < -0.39 is 179 Å². The van der Waals surface area contributed by atoms with Crippen LogP contribution in [0, 0.1) is 0 Å². The molecule has 19 atom stereocenters. The van der Waals surface area contributed by atoms with Crippen molar-refractivity contribution in [2.75, 3.05) is 47.3 Å². The maximum absolute atomic E-state index is 14.3. The minimum Gasteiger partial charge on any atom is -0.508 e. The fourth-order valence-corrected chi connectivity index (χ4v) is 9.98. The lowest BCUT2D eigenvalue weighted by Crippen LogP contribution is -2.69. The van der Waals surface area contributed by atoms with E-state index in [0.717, 1.165) is 25.2 Å². The predicted octanol–water partition coefficient (Wildman–Crippen LogP) is -1.09. The van der Waals surface area contributed by atoms with Gasteiger partial charge in [-0.25, -0.2) is 19.2 Å². The molecule has 4 heterocycles. The van der Waals surface area contributed by atoms with Gasteiger partial charge in [-0.15, -0.1) is 0 Å². The van der Waals surface area contributed by atoms with Crippen LogP contribution in [-0.2, 0) is 76.0 Å². The Morgan fingerprint density at radius 2 is 1.10 bits per heavy atom. The van der Waals surface area contributed by atoms with Crippen molar-refractivity contribution in [3.05, 3.63) is 138 Å². The summed E-state index contributed by atoms with van der Waals surface area (Å²) in [7, 11) is 2.71. The second-order valence-electron chi connectivity index (χ2n) is 21.1. The highest BCUT2D eigenvalue weighted by atomic mass is 16.8. The Morgan fingerprint density at radius 1 is 0.522 bits per heavy atom. The number of aromatic hydroxyl groups is 2. The zero-order valence-electron chi connectivity index (χ0n) is 49.3. The number of hydrogen-bond donors (Lipinski definition) is 11. The molecule has 4 aromatic carbocycles. The molecule has 498 valence electrons. The molecule has 0 bridgehead atoms. The van der Waals surface area contributed by atoms with Crippen LogP contribution in [-0.4, -0.2) is 249 Å². The summed E-state index contributed by atoms with van der Waals surface area (Å²) in [6, 6.07) is 23.2. The van der Waals surface area contributed by atoms with E-state index in [0.29, 0.717) is 22.4 Å². The number of aliphatic hydroxyl groups is 9. The fourth-order valence-electron chi connectivity index (χ4n) is 9.98. The number of ether oxygens (including phenoxy) is 14. The Kier molecular flexibility index (Phi) is 24.3. The summed E-state index contributed by atoms with van der Waals surface area (Å²) in [5.74, 6) is -8.36. The van der Waals surface area contributed by atoms with Gasteiger partial charge in [0.05, 0.1) is 33.0 Å². The standard InChI is InChI=1S/C62H70O30/c1-31(65)81-29-43-54(87-46(70)23-17-33-8-7-11-37(24-33)79-2)55(88-60-53(77)51(75)48(72)42(85-60)28-82-44(68)22-16-34-14-20-38(67)39(25-34)80-3)56(89-59-52(76)50(74)47(71)40(26-63)84-59)61(86-43)92-62(30-83-45(69)21-15-32-12-18-36(66)19-13-32)57(49(73)41(27-64)91-62)90-58(78)35-9-5-4-6-10-35/h4-25,40-43,47-57,59-61,63-64,66-67,71-77H,26-30H2,1-3H3. The lowest BCUT2D eigenvalue weighted by Gasteiger charge is -2.50. The van der Waals surface area contributed by atoms with E-state index in [4.69, 9.17) is 66.3 Å². The van der Waals surface area contributed by atoms with E-state index in [1.165, 1.54) is 99.2 Å². The van der Waals surface area contributed by atoms with Gasteiger partial charge in [0.1, 0.15) is 111 Å². The quantitative estimate of drug-likeness (QED) is 0.0213. The molecular weight excluding hydrogens is 1220 g/mol. The van der Waals surface area contributed by atoms with Crippen molar-refractivity contribution in [1.29, 1.82) is 0 Å². The molecule has 19 unspecified atom stereocenters. The minimum absolute atomic E-state index is 0.0759. The van der Waals surface area contributed by atoms with Gasteiger partial charge in [-0.1, -0.05) is 48.5 Å². The first-order chi connectivity index (χ1) is 44.0. The summed E-state index contributed by atoms with van der Waals surface area (Å²) in [5.41, 5.74) is 1.02. The molecule has 0 aliphatic carbocycles. The molecule has 0 amide bonds. The first-order valence-corrected chi connectivity index (χ1v) is 28.4. The van der Waals surface area contributed by atoms with Crippen LogP contribution in [0.5, 0.6) is 23.0 Å². The van der Waals surface area contributed by atoms with Crippen LogP contribution in [0.25, 0.3) is 18.2 Å². The maximum atomic E-state index is 14.3. The minimum atomic E-state index is -2.95. The van der Waals surface area contributed by atoms with Crippen LogP contribution >= 0.6 is 0 Å². The Bertz CT molecular complexity index is 3210. The van der Waals surface area contributed by atoms with Crippen molar-refractivity contribution in [2.24, 2.45) is 0 Å². The second kappa shape index (κ2) is 32.0. The number of aliphatic hydroxyl groups excluding tert-OH is 9. The zero-order chi connectivity index (χ0) is 66.4. The van der Waals surface area contributed by atoms with Crippen molar-refractivity contribution in [3.63, 3.8) is 0 Å². The van der Waals surface area contributed by atoms with E-state index in [1.807, 2.05) is 0 Å². The third-order valence-corrected chi connectivity index (χ3v) is 14.8. The largest absolute Gasteiger partial charge is 0.508 e. The molecule has 30 heteroatoms. The van der Waals surface area contributed by atoms with Crippen LogP contribution in [0.2, 0.25) is 0 Å². The molecule has 0 aromatic heterocycles. The zero-order valence-corrected chi connectivity index (χ0v) is 49.3. The average molecular weight is 1300 g/mol. The van der Waals surface area contributed by atoms with Crippen LogP contribution in [0.15, 0.2) is 115 Å². The van der Waals surface area contributed by atoms with Gasteiger partial charge in [0, 0.05) is 25.2 Å². The van der Waals surface area contributed by atoms with E-state index in [-0.39, 0.29) is 22.8 Å². The summed E-state index contributed by atoms with van der Waals surface area (Å²) in [6.07, 6.45) is -31.9. The SMILES string of the molecule is COc1cccc(C=CC(=O)OC2C(COC(C)=O)OC(OC3(COC(=O)C=Cc4ccc(O)cc4)OC(CO)C(O)C3OC(=O)c3ccccc3)C(OC3OC(CO)C(O)C(O)C3O)C2OC2OC(COC(=O)C=Cc3ccc(O)c(OC)c3)C(O)C(O)C2O)c1. The van der Waals surface area contributed by atoms with Crippen LogP contribution in [0.1, 0.15) is 34.0 Å². The Balaban J connectivity index is 1.25. The Morgan fingerprint density at radius 3 is 1.74 bits per heavy atom. The van der Waals surface area contributed by atoms with Gasteiger partial charge in [-0.2, -0.15) is 0 Å². The highest BCUT2D eigenvalue weighted by Crippen LogP contribution is 2.42. The van der Waals surface area contributed by atoms with Crippen molar-refractivity contribution in [2.45, 2.75) is 123 Å². The predicted molar refractivity (Wildman–Crippen MR) is 308 cm³/mol. The molecule has 8 rings (SSSR count). The second-order valence-corrected chi connectivity index (χ2v) is 21.1. The lowest BCUT2D eigenvalue weighted by atomic mass is 9.95. The number of esters is 5. The third kappa shape index (κ3) is 17.4. The van der Waals surface area contributed by atoms with Crippen LogP contribution in [0.3, 0.4) is 0 Å². The van der Waals surface area contributed by atoms with Crippen molar-refractivity contribution in [3.8, 4) is 23.0 Å². The van der Waals surface area contributed by atoms with Crippen LogP contribution < -0.4 is 9.47 Å². The van der Waals surface area contributed by atoms with Crippen molar-refractivity contribution >= 4 is 48.1 Å². The summed E-state index contributed by atoms with van der Waals surface area (Å²) in [6.45, 7) is -4.20. The van der Waals surface area contributed by atoms with E-state index in [9.17, 15) is 80.1 Å². The van der Waals surface area contributed by atoms with Gasteiger partial charge in [0.2, 0.25) is 5.79 Å². The molecule has 0 saturated carbocycles. The first kappa shape index (κ1) is 69.9. The first-order valence-electron chi connectivity index (χ1n) is 28.4. The average Bonchev–Trinajstić information content (AvgIpc) is 1.40. The van der Waals surface area contributed by atoms with Gasteiger partial charge in [0.15, 0.2) is 42.6 Å². The number of carbonyl (C=O) groups excluding carboxylic acids is 5. The topological polar surface area (TPSA) is 437 Å². The Labute approximate surface area is 524 Å². The van der Waals surface area contributed by atoms with E-state index in [2.05, 4.69) is 0 Å². The summed E-state index contributed by atoms with van der Waals surface area (Å²) >= 11 is 0. The maximum Gasteiger partial charge on any atom is 0.338 e. The van der Waals surface area contributed by atoms with Gasteiger partial charge < -0.3 is 122 Å². The van der Waals surface area contributed by atoms with E-state index >= 15 is 0 Å². The van der Waals surface area contributed by atoms with Crippen molar-refractivity contribution in [1.82, 2.24) is 0 Å². The molecule has 30 nitrogen and oxygen atoms in total. The smallest absolute Gasteiger partial charge is 0.338 e. The number of phenols is 2. The molecular formula is C62H70O30. The Hall–Kier alpha value is -7.99. The highest BCUT2D eigenvalue weighted by molar-refractivity contribution is 5.90. The summed E-state index contributed by atoms with van der Waals surface area (Å²) in [4.78, 5) is 68.0. The van der Waals surface area contributed by atoms with Crippen molar-refractivity contribution < 1.29 is 146 Å². The fraction of sp³-hybridized carbons (Fsp3) is 0.435. The van der Waals surface area contributed by atoms with Gasteiger partial charge in [-0.05, 0) is 83.4 Å². The highest BCUT2D eigenvalue weighted by Gasteiger charge is 2.64. The number of hydrogen-bond acceptors (Lipinski definition) is 30. The monoisotopic (exact) mass is 1290 g/mol. The molecule has 92 heavy (non-hydrogen) atoms. The third-order valence-electron chi connectivity index (χ3n) is 14.8. The molecule has 4 aliphatic rings. The number of phenolic OH excluding ortho intramolecular Hbond substituents is 2. The van der Waals surface area contributed by atoms with E-state index in [1.54, 1.807) is 30.3 Å². The molecule has 0 radical (unpaired) electrons. The number of rotatable bonds is 25. The van der Waals surface area contributed by atoms with Gasteiger partial charge >= 0.3 is 29.8 Å². The lowest BCUT2D eigenvalue weighted by molar-refractivity contribution is -0.421. The summed E-state index contributed by atoms with van der Waals surface area (Å²) < 4.78 is 82.9. The van der Waals surface area contributed by atoms with Crippen LogP contribution in [0.4, 0.5) is 0 Å².